The minimum atomic E-state index is -0.397. The van der Waals surface area contributed by atoms with Crippen molar-refractivity contribution in [3.8, 4) is 0 Å². The van der Waals surface area contributed by atoms with Crippen LogP contribution in [-0.4, -0.2) is 23.6 Å². The van der Waals surface area contributed by atoms with Gasteiger partial charge in [0.1, 0.15) is 6.54 Å². The Bertz CT molecular complexity index is 1110. The van der Waals surface area contributed by atoms with Crippen molar-refractivity contribution >= 4 is 49.4 Å². The van der Waals surface area contributed by atoms with E-state index in [0.717, 1.165) is 20.3 Å². The minimum absolute atomic E-state index is 0.00674. The quantitative estimate of drug-likeness (QED) is 0.533. The predicted molar refractivity (Wildman–Crippen MR) is 115 cm³/mol. The zero-order chi connectivity index (χ0) is 20.5. The molecule has 0 aliphatic carbocycles. The van der Waals surface area contributed by atoms with Gasteiger partial charge in [0.25, 0.3) is 5.91 Å². The second-order valence-electron chi connectivity index (χ2n) is 7.40. The lowest BCUT2D eigenvalue weighted by molar-refractivity contribution is -0.141. The molecular formula is C21H21BrN2O3S. The zero-order valence-corrected chi connectivity index (χ0v) is 18.6. The van der Waals surface area contributed by atoms with Gasteiger partial charge >= 0.3 is 5.97 Å². The van der Waals surface area contributed by atoms with Crippen molar-refractivity contribution in [2.75, 3.05) is 7.11 Å². The summed E-state index contributed by atoms with van der Waals surface area (Å²) in [5, 5.41) is 0. The molecule has 146 valence electrons. The van der Waals surface area contributed by atoms with Crippen LogP contribution >= 0.6 is 27.3 Å². The molecule has 1 heterocycles. The van der Waals surface area contributed by atoms with Crippen LogP contribution in [0.15, 0.2) is 51.9 Å². The van der Waals surface area contributed by atoms with E-state index in [4.69, 9.17) is 4.74 Å². The molecule has 0 spiro atoms. The molecule has 0 saturated heterocycles. The molecule has 0 radical (unpaired) electrons. The number of halogens is 1. The third-order valence-corrected chi connectivity index (χ3v) is 5.89. The second-order valence-corrected chi connectivity index (χ2v) is 9.33. The Morgan fingerprint density at radius 2 is 1.82 bits per heavy atom. The standard InChI is InChI=1S/C21H21BrN2O3S/c1-21(2,3)14-7-5-13(6-8-14)19(26)23-20-24(12-18(25)27-4)16-10-9-15(22)11-17(16)28-20/h5-11H,12H2,1-4H3. The summed E-state index contributed by atoms with van der Waals surface area (Å²) in [6.45, 7) is 6.37. The SMILES string of the molecule is COC(=O)Cn1c(=NC(=O)c2ccc(C(C)(C)C)cc2)sc2cc(Br)ccc21. The van der Waals surface area contributed by atoms with E-state index in [2.05, 4.69) is 41.7 Å². The Hall–Kier alpha value is -2.25. The van der Waals surface area contributed by atoms with E-state index < -0.39 is 5.97 Å². The number of hydrogen-bond acceptors (Lipinski definition) is 4. The first-order valence-electron chi connectivity index (χ1n) is 8.74. The highest BCUT2D eigenvalue weighted by molar-refractivity contribution is 9.10. The van der Waals surface area contributed by atoms with Crippen molar-refractivity contribution in [3.63, 3.8) is 0 Å². The molecule has 2 aromatic carbocycles. The molecule has 7 heteroatoms. The number of aromatic nitrogens is 1. The van der Waals surface area contributed by atoms with Gasteiger partial charge in [-0.1, -0.05) is 60.2 Å². The lowest BCUT2D eigenvalue weighted by Gasteiger charge is -2.18. The molecule has 0 aliphatic rings. The van der Waals surface area contributed by atoms with E-state index in [1.807, 2.05) is 30.3 Å². The van der Waals surface area contributed by atoms with Gasteiger partial charge < -0.3 is 9.30 Å². The summed E-state index contributed by atoms with van der Waals surface area (Å²) < 4.78 is 8.35. The van der Waals surface area contributed by atoms with E-state index in [1.165, 1.54) is 18.4 Å². The highest BCUT2D eigenvalue weighted by atomic mass is 79.9. The lowest BCUT2D eigenvalue weighted by Crippen LogP contribution is -2.22. The molecule has 1 amide bonds. The number of nitrogens with zero attached hydrogens (tertiary/aromatic N) is 2. The van der Waals surface area contributed by atoms with Crippen molar-refractivity contribution in [3.05, 3.63) is 62.9 Å². The van der Waals surface area contributed by atoms with Crippen LogP contribution < -0.4 is 4.80 Å². The van der Waals surface area contributed by atoms with Gasteiger partial charge in [-0.3, -0.25) is 9.59 Å². The number of esters is 1. The van der Waals surface area contributed by atoms with Crippen molar-refractivity contribution in [2.45, 2.75) is 32.7 Å². The van der Waals surface area contributed by atoms with Crippen LogP contribution in [0, 0.1) is 0 Å². The molecule has 0 fully saturated rings. The van der Waals surface area contributed by atoms with Crippen LogP contribution in [0.2, 0.25) is 0 Å². The number of ether oxygens (including phenoxy) is 1. The number of fused-ring (bicyclic) bond motifs is 1. The van der Waals surface area contributed by atoms with E-state index in [1.54, 1.807) is 16.7 Å². The largest absolute Gasteiger partial charge is 0.468 e. The molecule has 0 saturated carbocycles. The van der Waals surface area contributed by atoms with E-state index in [0.29, 0.717) is 10.4 Å². The fourth-order valence-electron chi connectivity index (χ4n) is 2.74. The number of methoxy groups -OCH3 is 1. The molecule has 3 rings (SSSR count). The molecule has 1 aromatic heterocycles. The molecule has 0 unspecified atom stereocenters. The highest BCUT2D eigenvalue weighted by Gasteiger charge is 2.15. The Kier molecular flexibility index (Phi) is 5.86. The van der Waals surface area contributed by atoms with Crippen LogP contribution in [0.4, 0.5) is 0 Å². The summed E-state index contributed by atoms with van der Waals surface area (Å²) in [5.74, 6) is -0.740. The van der Waals surface area contributed by atoms with Crippen LogP contribution in [0.1, 0.15) is 36.7 Å². The van der Waals surface area contributed by atoms with E-state index >= 15 is 0 Å². The molecule has 5 nitrogen and oxygen atoms in total. The fraction of sp³-hybridized carbons (Fsp3) is 0.286. The zero-order valence-electron chi connectivity index (χ0n) is 16.2. The molecule has 28 heavy (non-hydrogen) atoms. The first-order valence-corrected chi connectivity index (χ1v) is 10.4. The fourth-order valence-corrected chi connectivity index (χ4v) is 4.32. The number of rotatable bonds is 3. The Morgan fingerprint density at radius 1 is 1.14 bits per heavy atom. The Labute approximate surface area is 175 Å². The lowest BCUT2D eigenvalue weighted by atomic mass is 9.87. The summed E-state index contributed by atoms with van der Waals surface area (Å²) in [6, 6.07) is 13.2. The Balaban J connectivity index is 2.06. The Morgan fingerprint density at radius 3 is 2.43 bits per heavy atom. The summed E-state index contributed by atoms with van der Waals surface area (Å²) in [5.41, 5.74) is 2.50. The van der Waals surface area contributed by atoms with Gasteiger partial charge in [-0.05, 0) is 41.3 Å². The van der Waals surface area contributed by atoms with Crippen molar-refractivity contribution in [1.82, 2.24) is 4.57 Å². The highest BCUT2D eigenvalue weighted by Crippen LogP contribution is 2.24. The average Bonchev–Trinajstić information content (AvgIpc) is 2.97. The van der Waals surface area contributed by atoms with E-state index in [9.17, 15) is 9.59 Å². The van der Waals surface area contributed by atoms with Gasteiger partial charge in [0.2, 0.25) is 0 Å². The van der Waals surface area contributed by atoms with Crippen LogP contribution in [-0.2, 0) is 21.5 Å². The van der Waals surface area contributed by atoms with Crippen LogP contribution in [0.3, 0.4) is 0 Å². The topological polar surface area (TPSA) is 60.7 Å². The van der Waals surface area contributed by atoms with Crippen molar-refractivity contribution in [1.29, 1.82) is 0 Å². The van der Waals surface area contributed by atoms with Gasteiger partial charge in [0.05, 0.1) is 17.3 Å². The van der Waals surface area contributed by atoms with Gasteiger partial charge in [-0.25, -0.2) is 0 Å². The van der Waals surface area contributed by atoms with Gasteiger partial charge in [-0.2, -0.15) is 4.99 Å². The van der Waals surface area contributed by atoms with Crippen LogP contribution in [0.5, 0.6) is 0 Å². The molecule has 0 N–H and O–H groups in total. The molecule has 0 atom stereocenters. The minimum Gasteiger partial charge on any atom is -0.468 e. The molecular weight excluding hydrogens is 440 g/mol. The third kappa shape index (κ3) is 4.42. The smallest absolute Gasteiger partial charge is 0.325 e. The summed E-state index contributed by atoms with van der Waals surface area (Å²) in [6.07, 6.45) is 0. The first kappa shape index (κ1) is 20.5. The number of amides is 1. The molecule has 3 aromatic rings. The molecule has 0 aliphatic heterocycles. The number of carbonyl (C=O) groups is 2. The van der Waals surface area contributed by atoms with Gasteiger partial charge in [-0.15, -0.1) is 0 Å². The maximum absolute atomic E-state index is 12.7. The normalized spacial score (nSPS) is 12.4. The third-order valence-electron chi connectivity index (χ3n) is 4.35. The number of hydrogen-bond donors (Lipinski definition) is 0. The summed E-state index contributed by atoms with van der Waals surface area (Å²) in [4.78, 5) is 29.3. The summed E-state index contributed by atoms with van der Waals surface area (Å²) in [7, 11) is 1.34. The summed E-state index contributed by atoms with van der Waals surface area (Å²) >= 11 is 4.81. The van der Waals surface area contributed by atoms with Crippen LogP contribution in [0.25, 0.3) is 10.2 Å². The first-order chi connectivity index (χ1) is 13.2. The van der Waals surface area contributed by atoms with Gasteiger partial charge in [0.15, 0.2) is 4.80 Å². The average molecular weight is 461 g/mol. The predicted octanol–water partition coefficient (Wildman–Crippen LogP) is 4.68. The number of thiazole rings is 1. The monoisotopic (exact) mass is 460 g/mol. The van der Waals surface area contributed by atoms with E-state index in [-0.39, 0.29) is 17.9 Å². The maximum atomic E-state index is 12.7. The maximum Gasteiger partial charge on any atom is 0.325 e. The second kappa shape index (κ2) is 8.01. The van der Waals surface area contributed by atoms with Gasteiger partial charge in [0, 0.05) is 10.0 Å². The number of carbonyl (C=O) groups excluding carboxylic acids is 2. The van der Waals surface area contributed by atoms with Crippen molar-refractivity contribution < 1.29 is 14.3 Å². The molecule has 0 bridgehead atoms. The number of benzene rings is 2. The van der Waals surface area contributed by atoms with Crippen molar-refractivity contribution in [2.24, 2.45) is 4.99 Å².